The number of nitrogens with one attached hydrogen (secondary N) is 1. The van der Waals surface area contributed by atoms with Gasteiger partial charge in [-0.3, -0.25) is 4.79 Å². The number of carbonyl (C=O) groups excluding carboxylic acids is 1. The first-order chi connectivity index (χ1) is 10.2. The summed E-state index contributed by atoms with van der Waals surface area (Å²) in [5.41, 5.74) is 0.936. The van der Waals surface area contributed by atoms with Crippen molar-refractivity contribution in [3.63, 3.8) is 0 Å². The molecular weight excluding hydrogens is 266 g/mol. The minimum absolute atomic E-state index is 0.0218. The third kappa shape index (κ3) is 3.38. The molecule has 1 saturated carbocycles. The predicted molar refractivity (Wildman–Crippen MR) is 81.2 cm³/mol. The molecule has 4 nitrogen and oxygen atoms in total. The molecule has 0 spiro atoms. The number of carbonyl (C=O) groups is 1. The summed E-state index contributed by atoms with van der Waals surface area (Å²) in [6.07, 6.45) is 8.19. The quantitative estimate of drug-likeness (QED) is 0.869. The summed E-state index contributed by atoms with van der Waals surface area (Å²) in [6.45, 7) is 2.48. The monoisotopic (exact) mass is 287 g/mol. The van der Waals surface area contributed by atoms with Crippen molar-refractivity contribution in [2.75, 3.05) is 6.79 Å². The smallest absolute Gasteiger partial charge is 0.244 e. The van der Waals surface area contributed by atoms with Crippen molar-refractivity contribution in [3.8, 4) is 11.5 Å². The lowest BCUT2D eigenvalue weighted by Crippen LogP contribution is -2.40. The minimum atomic E-state index is -0.0218. The van der Waals surface area contributed by atoms with Gasteiger partial charge in [-0.05, 0) is 42.5 Å². The van der Waals surface area contributed by atoms with Crippen LogP contribution >= 0.6 is 0 Å². The molecule has 1 fully saturated rings. The molecule has 1 aromatic carbocycles. The van der Waals surface area contributed by atoms with Crippen LogP contribution in [0, 0.1) is 5.92 Å². The van der Waals surface area contributed by atoms with Gasteiger partial charge in [-0.2, -0.15) is 0 Å². The maximum Gasteiger partial charge on any atom is 0.244 e. The second-order valence-corrected chi connectivity index (χ2v) is 5.82. The van der Waals surface area contributed by atoms with E-state index in [4.69, 9.17) is 9.47 Å². The predicted octanol–water partition coefficient (Wildman–Crippen LogP) is 3.12. The number of hydrogen-bond acceptors (Lipinski definition) is 3. The zero-order valence-electron chi connectivity index (χ0n) is 12.3. The fraction of sp³-hybridized carbons (Fsp3) is 0.471. The lowest BCUT2D eigenvalue weighted by molar-refractivity contribution is -0.117. The number of fused-ring (bicyclic) bond motifs is 1. The highest BCUT2D eigenvalue weighted by Gasteiger charge is 2.21. The van der Waals surface area contributed by atoms with Crippen LogP contribution in [0.3, 0.4) is 0 Å². The first-order valence-corrected chi connectivity index (χ1v) is 7.60. The topological polar surface area (TPSA) is 47.6 Å². The fourth-order valence-corrected chi connectivity index (χ4v) is 2.95. The van der Waals surface area contributed by atoms with Crippen molar-refractivity contribution in [1.29, 1.82) is 0 Å². The summed E-state index contributed by atoms with van der Waals surface area (Å²) in [5, 5.41) is 3.11. The molecule has 0 bridgehead atoms. The molecule has 112 valence electrons. The zero-order chi connectivity index (χ0) is 14.7. The molecule has 0 saturated heterocycles. The maximum atomic E-state index is 12.0. The van der Waals surface area contributed by atoms with E-state index in [0.29, 0.717) is 12.0 Å². The van der Waals surface area contributed by atoms with E-state index in [9.17, 15) is 4.79 Å². The highest BCUT2D eigenvalue weighted by molar-refractivity contribution is 5.92. The van der Waals surface area contributed by atoms with E-state index in [1.54, 1.807) is 6.08 Å². The highest BCUT2D eigenvalue weighted by Crippen LogP contribution is 2.32. The van der Waals surface area contributed by atoms with E-state index in [0.717, 1.165) is 23.5 Å². The molecule has 3 rings (SSSR count). The van der Waals surface area contributed by atoms with Crippen LogP contribution in [0.25, 0.3) is 6.08 Å². The second-order valence-electron chi connectivity index (χ2n) is 5.82. The van der Waals surface area contributed by atoms with Crippen molar-refractivity contribution in [1.82, 2.24) is 5.32 Å². The van der Waals surface area contributed by atoms with Crippen molar-refractivity contribution in [3.05, 3.63) is 29.8 Å². The Labute approximate surface area is 125 Å². The number of amides is 1. The molecule has 2 atom stereocenters. The maximum absolute atomic E-state index is 12.0. The van der Waals surface area contributed by atoms with E-state index >= 15 is 0 Å². The Morgan fingerprint density at radius 2 is 2.05 bits per heavy atom. The van der Waals surface area contributed by atoms with E-state index in [1.807, 2.05) is 24.3 Å². The Balaban J connectivity index is 1.59. The molecule has 1 aliphatic heterocycles. The number of ether oxygens (including phenoxy) is 2. The van der Waals surface area contributed by atoms with Crippen LogP contribution in [0.2, 0.25) is 0 Å². The van der Waals surface area contributed by atoms with Gasteiger partial charge in [0.05, 0.1) is 0 Å². The van der Waals surface area contributed by atoms with Gasteiger partial charge in [0.15, 0.2) is 11.5 Å². The van der Waals surface area contributed by atoms with Crippen LogP contribution in [0.4, 0.5) is 0 Å². The van der Waals surface area contributed by atoms with Crippen LogP contribution in [0.5, 0.6) is 11.5 Å². The van der Waals surface area contributed by atoms with E-state index in [2.05, 4.69) is 12.2 Å². The van der Waals surface area contributed by atoms with Crippen molar-refractivity contribution in [2.24, 2.45) is 5.92 Å². The summed E-state index contributed by atoms with van der Waals surface area (Å²) in [5.74, 6) is 2.04. The van der Waals surface area contributed by atoms with Crippen LogP contribution in [-0.4, -0.2) is 18.7 Å². The van der Waals surface area contributed by atoms with Gasteiger partial charge in [0.25, 0.3) is 0 Å². The Kier molecular flexibility index (Phi) is 4.13. The lowest BCUT2D eigenvalue weighted by Gasteiger charge is -2.29. The Hall–Kier alpha value is -1.97. The highest BCUT2D eigenvalue weighted by atomic mass is 16.7. The van der Waals surface area contributed by atoms with Gasteiger partial charge < -0.3 is 14.8 Å². The SMILES string of the molecule is CC1CCCCC1NC(=O)/C=C/c1ccc2c(c1)OCO2. The van der Waals surface area contributed by atoms with Gasteiger partial charge in [0.1, 0.15) is 0 Å². The third-order valence-electron chi connectivity index (χ3n) is 4.26. The summed E-state index contributed by atoms with van der Waals surface area (Å²) in [4.78, 5) is 12.0. The summed E-state index contributed by atoms with van der Waals surface area (Å²) in [7, 11) is 0. The van der Waals surface area contributed by atoms with E-state index in [1.165, 1.54) is 19.3 Å². The molecule has 2 aliphatic rings. The Bertz CT molecular complexity index is 553. The van der Waals surface area contributed by atoms with Crippen molar-refractivity contribution >= 4 is 12.0 Å². The molecule has 4 heteroatoms. The first-order valence-electron chi connectivity index (χ1n) is 7.60. The standard InChI is InChI=1S/C17H21NO3/c1-12-4-2-3-5-14(12)18-17(19)9-7-13-6-8-15-16(10-13)21-11-20-15/h6-10,12,14H,2-5,11H2,1H3,(H,18,19)/b9-7+. The molecule has 2 unspecified atom stereocenters. The molecular formula is C17H21NO3. The van der Waals surface area contributed by atoms with Gasteiger partial charge in [0.2, 0.25) is 12.7 Å². The average molecular weight is 287 g/mol. The van der Waals surface area contributed by atoms with Gasteiger partial charge in [-0.25, -0.2) is 0 Å². The Morgan fingerprint density at radius 1 is 1.24 bits per heavy atom. The van der Waals surface area contributed by atoms with E-state index in [-0.39, 0.29) is 12.7 Å². The lowest BCUT2D eigenvalue weighted by atomic mass is 9.86. The zero-order valence-corrected chi connectivity index (χ0v) is 12.3. The summed E-state index contributed by atoms with van der Waals surface area (Å²) >= 11 is 0. The minimum Gasteiger partial charge on any atom is -0.454 e. The molecule has 21 heavy (non-hydrogen) atoms. The second kappa shape index (κ2) is 6.20. The molecule has 1 aliphatic carbocycles. The number of hydrogen-bond donors (Lipinski definition) is 1. The molecule has 1 N–H and O–H groups in total. The summed E-state index contributed by atoms with van der Waals surface area (Å²) < 4.78 is 10.6. The largest absolute Gasteiger partial charge is 0.454 e. The third-order valence-corrected chi connectivity index (χ3v) is 4.26. The van der Waals surface area contributed by atoms with Crippen LogP contribution in [0.1, 0.15) is 38.2 Å². The van der Waals surface area contributed by atoms with Gasteiger partial charge in [-0.15, -0.1) is 0 Å². The molecule has 1 heterocycles. The van der Waals surface area contributed by atoms with Crippen molar-refractivity contribution in [2.45, 2.75) is 38.6 Å². The summed E-state index contributed by atoms with van der Waals surface area (Å²) in [6, 6.07) is 5.98. The number of benzene rings is 1. The number of rotatable bonds is 3. The van der Waals surface area contributed by atoms with Gasteiger partial charge in [-0.1, -0.05) is 25.8 Å². The van der Waals surface area contributed by atoms with Crippen LogP contribution < -0.4 is 14.8 Å². The average Bonchev–Trinajstić information content (AvgIpc) is 2.95. The fourth-order valence-electron chi connectivity index (χ4n) is 2.95. The normalized spacial score (nSPS) is 24.2. The molecule has 0 radical (unpaired) electrons. The van der Waals surface area contributed by atoms with E-state index < -0.39 is 0 Å². The van der Waals surface area contributed by atoms with Gasteiger partial charge in [0, 0.05) is 12.1 Å². The van der Waals surface area contributed by atoms with Crippen LogP contribution in [0.15, 0.2) is 24.3 Å². The molecule has 1 amide bonds. The molecule has 0 aromatic heterocycles. The Morgan fingerprint density at radius 3 is 2.90 bits per heavy atom. The van der Waals surface area contributed by atoms with Crippen LogP contribution in [-0.2, 0) is 4.79 Å². The molecule has 1 aromatic rings. The van der Waals surface area contributed by atoms with Crippen molar-refractivity contribution < 1.29 is 14.3 Å². The first kappa shape index (κ1) is 14.0. The van der Waals surface area contributed by atoms with Gasteiger partial charge >= 0.3 is 0 Å².